The number of pyridine rings is 2. The minimum atomic E-state index is -0.101. The quantitative estimate of drug-likeness (QED) is 0.286. The number of aromatic nitrogens is 2. The fourth-order valence-corrected chi connectivity index (χ4v) is 4.21. The topological polar surface area (TPSA) is 84.1 Å². The van der Waals surface area contributed by atoms with Gasteiger partial charge in [0.05, 0.1) is 5.71 Å². The van der Waals surface area contributed by atoms with E-state index in [1.54, 1.807) is 6.20 Å². The monoisotopic (exact) mass is 476 g/mol. The molecule has 4 aromatic rings. The molecule has 0 amide bonds. The van der Waals surface area contributed by atoms with Crippen molar-refractivity contribution in [2.75, 3.05) is 11.9 Å². The average molecular weight is 477 g/mol. The molecule has 0 unspecified atom stereocenters. The molecule has 2 aromatic carbocycles. The van der Waals surface area contributed by atoms with Gasteiger partial charge in [-0.25, -0.2) is 9.97 Å². The fourth-order valence-electron chi connectivity index (χ4n) is 4.21. The smallest absolute Gasteiger partial charge is 0.153 e. The molecule has 0 aliphatic carbocycles. The van der Waals surface area contributed by atoms with Gasteiger partial charge in [0.25, 0.3) is 0 Å². The highest BCUT2D eigenvalue weighted by Gasteiger charge is 2.24. The highest BCUT2D eigenvalue weighted by atomic mass is 16.5. The van der Waals surface area contributed by atoms with Crippen LogP contribution in [0.1, 0.15) is 31.5 Å². The molecule has 5 rings (SSSR count). The second-order valence-corrected chi connectivity index (χ2v) is 9.47. The molecule has 2 aromatic heterocycles. The van der Waals surface area contributed by atoms with Gasteiger partial charge in [-0.3, -0.25) is 0 Å². The van der Waals surface area contributed by atoms with Crippen LogP contribution in [-0.2, 0) is 5.41 Å². The molecule has 0 radical (unpaired) electrons. The Hall–Kier alpha value is -4.39. The predicted molar refractivity (Wildman–Crippen MR) is 143 cm³/mol. The molecular formula is C29H28N6O. The van der Waals surface area contributed by atoms with Crippen LogP contribution in [0.25, 0.3) is 11.3 Å². The second kappa shape index (κ2) is 10.1. The van der Waals surface area contributed by atoms with E-state index in [1.165, 1.54) is 5.56 Å². The van der Waals surface area contributed by atoms with Crippen molar-refractivity contribution >= 4 is 17.2 Å². The van der Waals surface area contributed by atoms with Gasteiger partial charge in [0.1, 0.15) is 23.8 Å². The first-order chi connectivity index (χ1) is 17.5. The number of nitrogens with zero attached hydrogens (tertiary/aromatic N) is 5. The minimum absolute atomic E-state index is 0.101. The lowest BCUT2D eigenvalue weighted by molar-refractivity contribution is 0.482. The first kappa shape index (κ1) is 23.4. The third-order valence-electron chi connectivity index (χ3n) is 6.07. The van der Waals surface area contributed by atoms with Crippen LogP contribution in [-0.4, -0.2) is 22.2 Å². The Morgan fingerprint density at radius 3 is 2.61 bits per heavy atom. The summed E-state index contributed by atoms with van der Waals surface area (Å²) in [5.41, 5.74) is 5.81. The van der Waals surface area contributed by atoms with E-state index in [9.17, 15) is 0 Å². The molecule has 0 spiro atoms. The van der Waals surface area contributed by atoms with Crippen molar-refractivity contribution in [2.45, 2.75) is 32.6 Å². The maximum Gasteiger partial charge on any atom is 0.153 e. The molecule has 7 heteroatoms. The molecule has 7 nitrogen and oxygen atoms in total. The predicted octanol–water partition coefficient (Wildman–Crippen LogP) is 7.48. The summed E-state index contributed by atoms with van der Waals surface area (Å²) in [4.78, 5) is 9.22. The molecule has 1 aliphatic heterocycles. The van der Waals surface area contributed by atoms with E-state index in [-0.39, 0.29) is 5.41 Å². The lowest BCUT2D eigenvalue weighted by Crippen LogP contribution is -2.22. The number of aryl methyl sites for hydroxylation is 1. The molecule has 0 fully saturated rings. The minimum Gasteiger partial charge on any atom is -0.455 e. The van der Waals surface area contributed by atoms with E-state index in [4.69, 9.17) is 9.72 Å². The highest BCUT2D eigenvalue weighted by Crippen LogP contribution is 2.34. The zero-order chi connectivity index (χ0) is 25.0. The van der Waals surface area contributed by atoms with Crippen LogP contribution in [0, 0.1) is 6.92 Å². The van der Waals surface area contributed by atoms with E-state index in [2.05, 4.69) is 57.8 Å². The van der Waals surface area contributed by atoms with Crippen molar-refractivity contribution in [3.63, 3.8) is 0 Å². The number of hydrogen-bond donors (Lipinski definition) is 1. The molecular weight excluding hydrogens is 448 g/mol. The Kier molecular flexibility index (Phi) is 6.54. The van der Waals surface area contributed by atoms with E-state index < -0.39 is 0 Å². The van der Waals surface area contributed by atoms with Gasteiger partial charge in [-0.1, -0.05) is 56.3 Å². The molecule has 1 aliphatic rings. The number of anilines is 2. The normalized spacial score (nSPS) is 12.9. The first-order valence-electron chi connectivity index (χ1n) is 11.9. The zero-order valence-electron chi connectivity index (χ0n) is 20.6. The van der Waals surface area contributed by atoms with Crippen LogP contribution >= 0.6 is 0 Å². The van der Waals surface area contributed by atoms with Crippen molar-refractivity contribution in [1.29, 1.82) is 0 Å². The van der Waals surface area contributed by atoms with E-state index in [0.717, 1.165) is 34.8 Å². The summed E-state index contributed by atoms with van der Waals surface area (Å²) in [5.74, 6) is 2.07. The lowest BCUT2D eigenvalue weighted by atomic mass is 9.80. The van der Waals surface area contributed by atoms with Gasteiger partial charge >= 0.3 is 0 Å². The summed E-state index contributed by atoms with van der Waals surface area (Å²) >= 11 is 0. The van der Waals surface area contributed by atoms with Gasteiger partial charge in [-0.05, 0) is 59.9 Å². The molecule has 1 N–H and O–H groups in total. The molecule has 0 atom stereocenters. The van der Waals surface area contributed by atoms with Crippen molar-refractivity contribution in [1.82, 2.24) is 9.97 Å². The Morgan fingerprint density at radius 2 is 1.81 bits per heavy atom. The third kappa shape index (κ3) is 5.46. The van der Waals surface area contributed by atoms with E-state index in [1.807, 2.05) is 67.6 Å². The summed E-state index contributed by atoms with van der Waals surface area (Å²) in [7, 11) is 0. The fraction of sp³-hybridized carbons (Fsp3) is 0.207. The van der Waals surface area contributed by atoms with Gasteiger partial charge in [-0.15, -0.1) is 5.10 Å². The number of nitrogens with one attached hydrogen (secondary N) is 1. The Balaban J connectivity index is 1.35. The van der Waals surface area contributed by atoms with Crippen molar-refractivity contribution in [3.8, 4) is 22.8 Å². The Morgan fingerprint density at radius 1 is 0.944 bits per heavy atom. The summed E-state index contributed by atoms with van der Waals surface area (Å²) in [6.07, 6.45) is 2.54. The summed E-state index contributed by atoms with van der Waals surface area (Å²) < 4.78 is 6.28. The van der Waals surface area contributed by atoms with Gasteiger partial charge in [0, 0.05) is 29.2 Å². The maximum atomic E-state index is 6.28. The van der Waals surface area contributed by atoms with Crippen molar-refractivity contribution < 1.29 is 4.74 Å². The third-order valence-corrected chi connectivity index (χ3v) is 6.07. The molecule has 3 heterocycles. The summed E-state index contributed by atoms with van der Waals surface area (Å²) in [6.45, 7) is 6.98. The lowest BCUT2D eigenvalue weighted by Gasteiger charge is -2.25. The first-order valence-corrected chi connectivity index (χ1v) is 11.9. The van der Waals surface area contributed by atoms with Crippen LogP contribution < -0.4 is 10.1 Å². The standard InChI is InChI=1S/C29H28N6O/c1-20-12-13-26(28(32-20)21-8-5-4-6-9-21)36-25-14-15-30-27(17-25)33-23-11-7-10-22(16-23)29(2,3)18-24-19-31-35-34-24/h4-17H,18-19H2,1-3H3,(H,30,33). The summed E-state index contributed by atoms with van der Waals surface area (Å²) in [5, 5.41) is 15.3. The largest absolute Gasteiger partial charge is 0.455 e. The molecule has 36 heavy (non-hydrogen) atoms. The Labute approximate surface area is 211 Å². The Bertz CT molecular complexity index is 1430. The van der Waals surface area contributed by atoms with Crippen LogP contribution in [0.15, 0.2) is 100 Å². The van der Waals surface area contributed by atoms with Crippen molar-refractivity contribution in [3.05, 3.63) is 96.3 Å². The van der Waals surface area contributed by atoms with Crippen molar-refractivity contribution in [2.24, 2.45) is 15.4 Å². The summed E-state index contributed by atoms with van der Waals surface area (Å²) in [6, 6.07) is 26.1. The zero-order valence-corrected chi connectivity index (χ0v) is 20.6. The average Bonchev–Trinajstić information content (AvgIpc) is 3.38. The SMILES string of the molecule is Cc1ccc(Oc2ccnc(Nc3cccc(C(C)(C)CC4=NN=NC4)c3)c2)c(-c2ccccc2)n1. The number of hydrogen-bond acceptors (Lipinski definition) is 7. The molecule has 180 valence electrons. The van der Waals surface area contributed by atoms with E-state index in [0.29, 0.717) is 23.9 Å². The van der Waals surface area contributed by atoms with Gasteiger partial charge in [0.15, 0.2) is 5.75 Å². The van der Waals surface area contributed by atoms with Gasteiger partial charge < -0.3 is 10.1 Å². The van der Waals surface area contributed by atoms with Crippen LogP contribution in [0.3, 0.4) is 0 Å². The molecule has 0 saturated heterocycles. The van der Waals surface area contributed by atoms with Crippen LogP contribution in [0.5, 0.6) is 11.5 Å². The van der Waals surface area contributed by atoms with Gasteiger partial charge in [-0.2, -0.15) is 5.11 Å². The van der Waals surface area contributed by atoms with E-state index >= 15 is 0 Å². The van der Waals surface area contributed by atoms with Crippen LogP contribution in [0.4, 0.5) is 11.5 Å². The van der Waals surface area contributed by atoms with Crippen LogP contribution in [0.2, 0.25) is 0 Å². The molecule has 0 bridgehead atoms. The number of ether oxygens (including phenoxy) is 1. The highest BCUT2D eigenvalue weighted by molar-refractivity contribution is 5.88. The number of benzene rings is 2. The maximum absolute atomic E-state index is 6.28. The van der Waals surface area contributed by atoms with Gasteiger partial charge in [0.2, 0.25) is 0 Å². The number of rotatable bonds is 8. The second-order valence-electron chi connectivity index (χ2n) is 9.47. The molecule has 0 saturated carbocycles.